The molecule has 3 rings (SSSR count). The normalized spacial score (nSPS) is 11.8. The van der Waals surface area contributed by atoms with Crippen molar-refractivity contribution in [3.8, 4) is 0 Å². The van der Waals surface area contributed by atoms with Crippen LogP contribution >= 0.6 is 0 Å². The lowest BCUT2D eigenvalue weighted by molar-refractivity contribution is -0.116. The van der Waals surface area contributed by atoms with Gasteiger partial charge in [-0.2, -0.15) is 0 Å². The van der Waals surface area contributed by atoms with Crippen LogP contribution in [0.1, 0.15) is 5.56 Å². The highest BCUT2D eigenvalue weighted by Crippen LogP contribution is 2.22. The van der Waals surface area contributed by atoms with Gasteiger partial charge in [0.1, 0.15) is 12.1 Å². The van der Waals surface area contributed by atoms with Crippen LogP contribution in [-0.2, 0) is 21.4 Å². The minimum Gasteiger partial charge on any atom is -0.324 e. The number of carbonyl (C=O) groups excluding carboxylic acids is 1. The second kappa shape index (κ2) is 6.85. The van der Waals surface area contributed by atoms with E-state index in [0.717, 1.165) is 15.4 Å². The van der Waals surface area contributed by atoms with Crippen LogP contribution in [0.5, 0.6) is 0 Å². The number of para-hydroxylation sites is 1. The molecule has 1 amide bonds. The maximum atomic E-state index is 12.4. The van der Waals surface area contributed by atoms with Gasteiger partial charge in [0.25, 0.3) is 0 Å². The van der Waals surface area contributed by atoms with Crippen LogP contribution in [0.2, 0.25) is 0 Å². The van der Waals surface area contributed by atoms with E-state index in [9.17, 15) is 13.2 Å². The minimum absolute atomic E-state index is 0.0232. The smallest absolute Gasteiger partial charge is 0.246 e. The molecule has 1 aromatic heterocycles. The molecular formula is C17H19N5O3S. The molecule has 0 aliphatic rings. The molecule has 8 nitrogen and oxygen atoms in total. The molecule has 26 heavy (non-hydrogen) atoms. The molecule has 0 bridgehead atoms. The summed E-state index contributed by atoms with van der Waals surface area (Å²) in [5.41, 5.74) is 2.67. The van der Waals surface area contributed by atoms with Crippen LogP contribution in [-0.4, -0.2) is 47.7 Å². The third kappa shape index (κ3) is 3.44. The zero-order valence-electron chi connectivity index (χ0n) is 14.7. The maximum Gasteiger partial charge on any atom is 0.246 e. The highest BCUT2D eigenvalue weighted by molar-refractivity contribution is 7.89. The molecule has 0 unspecified atom stereocenters. The fraction of sp³-hybridized carbons (Fsp3) is 0.235. The number of amides is 1. The summed E-state index contributed by atoms with van der Waals surface area (Å²) in [5.74, 6) is -0.317. The predicted molar refractivity (Wildman–Crippen MR) is 98.2 cm³/mol. The number of carbonyl (C=O) groups is 1. The van der Waals surface area contributed by atoms with Gasteiger partial charge in [0.2, 0.25) is 15.9 Å². The first-order chi connectivity index (χ1) is 12.3. The lowest BCUT2D eigenvalue weighted by Gasteiger charge is -2.14. The summed E-state index contributed by atoms with van der Waals surface area (Å²) in [5, 5.41) is 10.7. The van der Waals surface area contributed by atoms with E-state index in [-0.39, 0.29) is 17.3 Å². The van der Waals surface area contributed by atoms with Gasteiger partial charge in [0, 0.05) is 19.8 Å². The number of anilines is 1. The van der Waals surface area contributed by atoms with Gasteiger partial charge in [-0.3, -0.25) is 4.79 Å². The Kier molecular flexibility index (Phi) is 4.75. The third-order valence-corrected chi connectivity index (χ3v) is 5.79. The molecule has 0 aliphatic carbocycles. The molecule has 2 aromatic carbocycles. The van der Waals surface area contributed by atoms with Crippen molar-refractivity contribution in [3.05, 3.63) is 48.0 Å². The van der Waals surface area contributed by atoms with Crippen LogP contribution in [0.4, 0.5) is 5.69 Å². The Bertz CT molecular complexity index is 1070. The molecule has 3 aromatic rings. The van der Waals surface area contributed by atoms with Crippen molar-refractivity contribution >= 4 is 32.7 Å². The van der Waals surface area contributed by atoms with Crippen molar-refractivity contribution in [1.29, 1.82) is 0 Å². The molecular weight excluding hydrogens is 354 g/mol. The summed E-state index contributed by atoms with van der Waals surface area (Å²) in [6.45, 7) is 1.77. The number of rotatable bonds is 5. The maximum absolute atomic E-state index is 12.4. The summed E-state index contributed by atoms with van der Waals surface area (Å²) >= 11 is 0. The predicted octanol–water partition coefficient (Wildman–Crippen LogP) is 1.63. The Morgan fingerprint density at radius 2 is 1.92 bits per heavy atom. The Morgan fingerprint density at radius 1 is 1.19 bits per heavy atom. The number of benzene rings is 2. The van der Waals surface area contributed by atoms with E-state index in [1.54, 1.807) is 13.0 Å². The van der Waals surface area contributed by atoms with Crippen molar-refractivity contribution in [2.24, 2.45) is 0 Å². The Labute approximate surface area is 151 Å². The minimum atomic E-state index is -3.58. The van der Waals surface area contributed by atoms with Gasteiger partial charge in [-0.05, 0) is 36.8 Å². The van der Waals surface area contributed by atoms with Gasteiger partial charge >= 0.3 is 0 Å². The molecule has 1 N–H and O–H groups in total. The first-order valence-electron chi connectivity index (χ1n) is 7.90. The second-order valence-electron chi connectivity index (χ2n) is 6.05. The van der Waals surface area contributed by atoms with E-state index in [2.05, 4.69) is 15.6 Å². The van der Waals surface area contributed by atoms with Crippen LogP contribution in [0.25, 0.3) is 11.0 Å². The fourth-order valence-electron chi connectivity index (χ4n) is 2.47. The van der Waals surface area contributed by atoms with Gasteiger partial charge in [-0.15, -0.1) is 5.10 Å². The number of hydrogen-bond acceptors (Lipinski definition) is 5. The molecule has 9 heteroatoms. The summed E-state index contributed by atoms with van der Waals surface area (Å²) in [6.07, 6.45) is 0. The molecule has 0 aliphatic heterocycles. The van der Waals surface area contributed by atoms with E-state index in [0.29, 0.717) is 11.2 Å². The number of sulfonamides is 1. The molecule has 0 saturated heterocycles. The average molecular weight is 373 g/mol. The number of fused-ring (bicyclic) bond motifs is 1. The number of aromatic nitrogens is 3. The summed E-state index contributed by atoms with van der Waals surface area (Å²) in [7, 11) is -0.653. The molecule has 0 radical (unpaired) electrons. The first kappa shape index (κ1) is 18.0. The van der Waals surface area contributed by atoms with Gasteiger partial charge in [-0.1, -0.05) is 23.4 Å². The third-order valence-electron chi connectivity index (χ3n) is 3.98. The van der Waals surface area contributed by atoms with E-state index >= 15 is 0 Å². The zero-order chi connectivity index (χ0) is 18.9. The van der Waals surface area contributed by atoms with Crippen molar-refractivity contribution in [2.45, 2.75) is 18.4 Å². The molecule has 0 spiro atoms. The molecule has 0 atom stereocenters. The van der Waals surface area contributed by atoms with Crippen molar-refractivity contribution in [1.82, 2.24) is 19.3 Å². The van der Waals surface area contributed by atoms with Crippen LogP contribution in [0, 0.1) is 6.92 Å². The lowest BCUT2D eigenvalue weighted by Crippen LogP contribution is -2.23. The Morgan fingerprint density at radius 3 is 2.65 bits per heavy atom. The van der Waals surface area contributed by atoms with E-state index < -0.39 is 10.0 Å². The Hall–Kier alpha value is -2.78. The van der Waals surface area contributed by atoms with Gasteiger partial charge in [-0.25, -0.2) is 17.4 Å². The van der Waals surface area contributed by atoms with Crippen LogP contribution < -0.4 is 5.32 Å². The zero-order valence-corrected chi connectivity index (χ0v) is 15.5. The SMILES string of the molecule is Cc1ccc(S(=O)(=O)N(C)C)cc1NC(=O)Cn1nnc2ccccc21. The summed E-state index contributed by atoms with van der Waals surface area (Å²) < 4.78 is 27.2. The van der Waals surface area contributed by atoms with E-state index in [1.807, 2.05) is 24.3 Å². The van der Waals surface area contributed by atoms with Crippen molar-refractivity contribution < 1.29 is 13.2 Å². The highest BCUT2D eigenvalue weighted by atomic mass is 32.2. The van der Waals surface area contributed by atoms with E-state index in [4.69, 9.17) is 0 Å². The van der Waals surface area contributed by atoms with Gasteiger partial charge in [0.15, 0.2) is 0 Å². The first-order valence-corrected chi connectivity index (χ1v) is 9.34. The quantitative estimate of drug-likeness (QED) is 0.733. The average Bonchev–Trinajstić information content (AvgIpc) is 2.99. The summed E-state index contributed by atoms with van der Waals surface area (Å²) in [6, 6.07) is 12.0. The molecule has 136 valence electrons. The standard InChI is InChI=1S/C17H19N5O3S/c1-12-8-9-13(26(24,25)21(2)3)10-15(12)18-17(23)11-22-16-7-5-4-6-14(16)19-20-22/h4-10H,11H2,1-3H3,(H,18,23). The Balaban J connectivity index is 1.83. The van der Waals surface area contributed by atoms with Gasteiger partial charge in [0.05, 0.1) is 10.4 Å². The molecule has 0 fully saturated rings. The van der Waals surface area contributed by atoms with Crippen molar-refractivity contribution in [2.75, 3.05) is 19.4 Å². The lowest BCUT2D eigenvalue weighted by atomic mass is 10.2. The second-order valence-corrected chi connectivity index (χ2v) is 8.20. The monoisotopic (exact) mass is 373 g/mol. The van der Waals surface area contributed by atoms with E-state index in [1.165, 1.54) is 30.9 Å². The summed E-state index contributed by atoms with van der Waals surface area (Å²) in [4.78, 5) is 12.5. The molecule has 1 heterocycles. The van der Waals surface area contributed by atoms with Crippen molar-refractivity contribution in [3.63, 3.8) is 0 Å². The fourth-order valence-corrected chi connectivity index (χ4v) is 3.40. The number of nitrogens with one attached hydrogen (secondary N) is 1. The van der Waals surface area contributed by atoms with Gasteiger partial charge < -0.3 is 5.32 Å². The topological polar surface area (TPSA) is 97.2 Å². The largest absolute Gasteiger partial charge is 0.324 e. The number of aryl methyl sites for hydroxylation is 1. The van der Waals surface area contributed by atoms with Crippen LogP contribution in [0.15, 0.2) is 47.4 Å². The number of hydrogen-bond donors (Lipinski definition) is 1. The highest BCUT2D eigenvalue weighted by Gasteiger charge is 2.19. The molecule has 0 saturated carbocycles. The van der Waals surface area contributed by atoms with Crippen LogP contribution in [0.3, 0.4) is 0 Å². The number of nitrogens with zero attached hydrogens (tertiary/aromatic N) is 4.